The molecule has 1 fully saturated rings. The van der Waals surface area contributed by atoms with Crippen LogP contribution >= 0.6 is 0 Å². The maximum Gasteiger partial charge on any atom is 0.328 e. The van der Waals surface area contributed by atoms with Crippen molar-refractivity contribution in [1.29, 1.82) is 0 Å². The zero-order chi connectivity index (χ0) is 22.3. The van der Waals surface area contributed by atoms with Crippen molar-refractivity contribution in [2.24, 2.45) is 0 Å². The van der Waals surface area contributed by atoms with Crippen molar-refractivity contribution in [2.75, 3.05) is 20.2 Å². The smallest absolute Gasteiger partial charge is 0.328 e. The van der Waals surface area contributed by atoms with E-state index in [1.807, 2.05) is 0 Å². The number of benzene rings is 2. The molecular formula is C22H20F2N2O5. The van der Waals surface area contributed by atoms with Crippen LogP contribution in [0.15, 0.2) is 42.5 Å². The van der Waals surface area contributed by atoms with Gasteiger partial charge >= 0.3 is 5.97 Å². The molecule has 0 bridgehead atoms. The zero-order valence-corrected chi connectivity index (χ0v) is 16.6. The molecule has 2 aliphatic rings. The molecule has 1 saturated heterocycles. The summed E-state index contributed by atoms with van der Waals surface area (Å²) < 4.78 is 33.9. The molecule has 2 aromatic rings. The molecule has 2 atom stereocenters. The molecule has 2 amide bonds. The quantitative estimate of drug-likeness (QED) is 0.720. The van der Waals surface area contributed by atoms with Crippen LogP contribution in [0.4, 0.5) is 8.78 Å². The Morgan fingerprint density at radius 2 is 1.87 bits per heavy atom. The van der Waals surface area contributed by atoms with Crippen molar-refractivity contribution >= 4 is 17.8 Å². The molecule has 2 N–H and O–H groups in total. The first-order chi connectivity index (χ1) is 14.7. The van der Waals surface area contributed by atoms with Gasteiger partial charge in [0.2, 0.25) is 5.91 Å². The topological polar surface area (TPSA) is 95.9 Å². The first kappa shape index (κ1) is 20.9. The van der Waals surface area contributed by atoms with Crippen molar-refractivity contribution in [2.45, 2.75) is 24.5 Å². The van der Waals surface area contributed by atoms with Crippen LogP contribution in [0.1, 0.15) is 27.9 Å². The Hall–Kier alpha value is -3.33. The standard InChI is InChI=1S/C22H20F2N2O5/c1-31-21(30)18-9-13(27)11-26(18)19(28)10-25-20(29)12-6-7-17-15(8-12)14-4-2-3-5-16(14)22(17,23)24/h2-8,13,18,27H,9-11H2,1H3,(H,25,29)/t13-,18+/m1/s1. The number of fused-ring (bicyclic) bond motifs is 3. The molecule has 2 aromatic carbocycles. The third kappa shape index (κ3) is 3.54. The second kappa shape index (κ2) is 7.73. The third-order valence-electron chi connectivity index (χ3n) is 5.65. The van der Waals surface area contributed by atoms with E-state index in [0.717, 1.165) is 4.90 Å². The summed E-state index contributed by atoms with van der Waals surface area (Å²) in [4.78, 5) is 38.0. The van der Waals surface area contributed by atoms with Gasteiger partial charge in [-0.25, -0.2) is 4.79 Å². The molecule has 7 nitrogen and oxygen atoms in total. The number of alkyl halides is 2. The van der Waals surface area contributed by atoms with Crippen LogP contribution in [0.25, 0.3) is 11.1 Å². The maximum atomic E-state index is 14.6. The summed E-state index contributed by atoms with van der Waals surface area (Å²) >= 11 is 0. The van der Waals surface area contributed by atoms with Crippen molar-refractivity contribution in [3.63, 3.8) is 0 Å². The lowest BCUT2D eigenvalue weighted by Crippen LogP contribution is -2.46. The summed E-state index contributed by atoms with van der Waals surface area (Å²) in [6, 6.07) is 9.09. The highest BCUT2D eigenvalue weighted by Gasteiger charge is 2.44. The number of nitrogens with one attached hydrogen (secondary N) is 1. The van der Waals surface area contributed by atoms with Crippen LogP contribution in [0.3, 0.4) is 0 Å². The van der Waals surface area contributed by atoms with E-state index in [1.165, 1.54) is 37.4 Å². The number of hydrogen-bond donors (Lipinski definition) is 2. The number of ether oxygens (including phenoxy) is 1. The summed E-state index contributed by atoms with van der Waals surface area (Å²) in [5.41, 5.74) is 0.478. The minimum atomic E-state index is -3.14. The molecule has 0 spiro atoms. The number of carbonyl (C=O) groups is 3. The number of methoxy groups -OCH3 is 1. The lowest BCUT2D eigenvalue weighted by Gasteiger charge is -2.22. The maximum absolute atomic E-state index is 14.6. The highest BCUT2D eigenvalue weighted by molar-refractivity contribution is 5.99. The van der Waals surface area contributed by atoms with Crippen LogP contribution in [0.5, 0.6) is 0 Å². The van der Waals surface area contributed by atoms with E-state index in [0.29, 0.717) is 5.56 Å². The predicted molar refractivity (Wildman–Crippen MR) is 105 cm³/mol. The molecule has 9 heteroatoms. The Balaban J connectivity index is 1.49. The second-order valence-corrected chi connectivity index (χ2v) is 7.54. The van der Waals surface area contributed by atoms with Gasteiger partial charge in [0.1, 0.15) is 6.04 Å². The molecule has 0 saturated carbocycles. The lowest BCUT2D eigenvalue weighted by atomic mass is 10.0. The summed E-state index contributed by atoms with van der Waals surface area (Å²) in [5, 5.41) is 12.2. The summed E-state index contributed by atoms with van der Waals surface area (Å²) in [6.07, 6.45) is -0.799. The number of aliphatic hydroxyl groups is 1. The van der Waals surface area contributed by atoms with Crippen LogP contribution in [0.2, 0.25) is 0 Å². The van der Waals surface area contributed by atoms with Gasteiger partial charge in [0, 0.05) is 29.7 Å². The van der Waals surface area contributed by atoms with E-state index in [4.69, 9.17) is 0 Å². The van der Waals surface area contributed by atoms with E-state index in [2.05, 4.69) is 10.1 Å². The molecule has 1 heterocycles. The summed E-state index contributed by atoms with van der Waals surface area (Å²) in [7, 11) is 1.19. The summed E-state index contributed by atoms with van der Waals surface area (Å²) in [5.74, 6) is -4.96. The second-order valence-electron chi connectivity index (χ2n) is 7.54. The Bertz CT molecular complexity index is 1070. The number of nitrogens with zero attached hydrogens (tertiary/aromatic N) is 1. The minimum Gasteiger partial charge on any atom is -0.467 e. The van der Waals surface area contributed by atoms with Gasteiger partial charge in [-0.3, -0.25) is 9.59 Å². The molecule has 0 radical (unpaired) electrons. The number of β-amino-alcohol motifs (C(OH)–C–C–N with tert-alkyl or cyclic N) is 1. The number of esters is 1. The number of amides is 2. The average Bonchev–Trinajstić information content (AvgIpc) is 3.27. The molecule has 162 valence electrons. The van der Waals surface area contributed by atoms with Gasteiger partial charge in [-0.15, -0.1) is 0 Å². The molecule has 1 aliphatic carbocycles. The number of aliphatic hydroxyl groups excluding tert-OH is 1. The minimum absolute atomic E-state index is 0.0425. The van der Waals surface area contributed by atoms with Crippen molar-refractivity contribution < 1.29 is 33.0 Å². The van der Waals surface area contributed by atoms with Gasteiger partial charge < -0.3 is 20.1 Å². The molecule has 4 rings (SSSR count). The largest absolute Gasteiger partial charge is 0.467 e. The monoisotopic (exact) mass is 430 g/mol. The molecule has 31 heavy (non-hydrogen) atoms. The van der Waals surface area contributed by atoms with E-state index < -0.39 is 42.4 Å². The number of carbonyl (C=O) groups excluding carboxylic acids is 3. The molecule has 0 aromatic heterocycles. The first-order valence-corrected chi connectivity index (χ1v) is 9.69. The van der Waals surface area contributed by atoms with Crippen LogP contribution in [-0.4, -0.2) is 60.1 Å². The van der Waals surface area contributed by atoms with E-state index in [1.54, 1.807) is 12.1 Å². The Morgan fingerprint density at radius 3 is 2.61 bits per heavy atom. The first-order valence-electron chi connectivity index (χ1n) is 9.69. The normalized spacial score (nSPS) is 20.7. The fraction of sp³-hybridized carbons (Fsp3) is 0.318. The predicted octanol–water partition coefficient (Wildman–Crippen LogP) is 1.67. The van der Waals surface area contributed by atoms with E-state index >= 15 is 0 Å². The SMILES string of the molecule is COC(=O)[C@@H]1C[C@@H](O)CN1C(=O)CNC(=O)c1ccc2c(c1)-c1ccccc1C2(F)F. The van der Waals surface area contributed by atoms with Gasteiger partial charge in [0.05, 0.1) is 19.8 Å². The van der Waals surface area contributed by atoms with Gasteiger partial charge in [-0.1, -0.05) is 30.3 Å². The number of halogens is 2. The van der Waals surface area contributed by atoms with Gasteiger partial charge in [-0.2, -0.15) is 8.78 Å². The van der Waals surface area contributed by atoms with Crippen LogP contribution in [-0.2, 0) is 20.2 Å². The number of rotatable bonds is 4. The van der Waals surface area contributed by atoms with Gasteiger partial charge in [0.25, 0.3) is 11.8 Å². The molecule has 1 aliphatic heterocycles. The van der Waals surface area contributed by atoms with Crippen molar-refractivity contribution in [3.05, 3.63) is 59.2 Å². The fourth-order valence-electron chi connectivity index (χ4n) is 4.13. The number of hydrogen-bond acceptors (Lipinski definition) is 5. The zero-order valence-electron chi connectivity index (χ0n) is 16.6. The number of likely N-dealkylation sites (tertiary alicyclic amines) is 1. The van der Waals surface area contributed by atoms with Crippen molar-refractivity contribution in [1.82, 2.24) is 10.2 Å². The molecule has 0 unspecified atom stereocenters. The third-order valence-corrected chi connectivity index (χ3v) is 5.65. The van der Waals surface area contributed by atoms with E-state index in [-0.39, 0.29) is 35.2 Å². The fourth-order valence-corrected chi connectivity index (χ4v) is 4.13. The highest BCUT2D eigenvalue weighted by Crippen LogP contribution is 2.50. The van der Waals surface area contributed by atoms with Crippen molar-refractivity contribution in [3.8, 4) is 11.1 Å². The van der Waals surface area contributed by atoms with E-state index in [9.17, 15) is 28.3 Å². The lowest BCUT2D eigenvalue weighted by molar-refractivity contribution is -0.150. The van der Waals surface area contributed by atoms with Gasteiger partial charge in [0.15, 0.2) is 0 Å². The van der Waals surface area contributed by atoms with Gasteiger partial charge in [-0.05, 0) is 23.3 Å². The van der Waals surface area contributed by atoms with Crippen LogP contribution < -0.4 is 5.32 Å². The highest BCUT2D eigenvalue weighted by atomic mass is 19.3. The summed E-state index contributed by atoms with van der Waals surface area (Å²) in [6.45, 7) is -0.456. The molecular weight excluding hydrogens is 410 g/mol. The Labute approximate surface area is 176 Å². The average molecular weight is 430 g/mol. The Morgan fingerprint density at radius 1 is 1.16 bits per heavy atom. The Kier molecular flexibility index (Phi) is 5.22. The van der Waals surface area contributed by atoms with Crippen LogP contribution in [0, 0.1) is 0 Å².